The molecule has 1 heterocycles. The molecule has 1 atom stereocenters. The summed E-state index contributed by atoms with van der Waals surface area (Å²) in [6.45, 7) is 4.90. The van der Waals surface area contributed by atoms with Gasteiger partial charge in [0.2, 0.25) is 0 Å². The summed E-state index contributed by atoms with van der Waals surface area (Å²) in [5.74, 6) is 0.556. The summed E-state index contributed by atoms with van der Waals surface area (Å²) < 4.78 is 20.7. The number of aromatic nitrogens is 1. The highest BCUT2D eigenvalue weighted by Gasteiger charge is 2.10. The number of hydrogen-bond donors (Lipinski definition) is 0. The molecular weight excluding hydrogens is 392 g/mol. The molecule has 0 radical (unpaired) electrons. The summed E-state index contributed by atoms with van der Waals surface area (Å²) in [5, 5.41) is 2.24. The number of nitrogens with zero attached hydrogens (tertiary/aromatic N) is 1. The van der Waals surface area contributed by atoms with Crippen LogP contribution in [0, 0.1) is 12.7 Å². The third-order valence-corrected chi connectivity index (χ3v) is 5.60. The first-order chi connectivity index (χ1) is 14.5. The number of rotatable bonds is 6. The van der Waals surface area contributed by atoms with Gasteiger partial charge in [0.05, 0.1) is 17.8 Å². The van der Waals surface area contributed by atoms with Crippen molar-refractivity contribution in [3.05, 3.63) is 78.1 Å². The first-order valence-corrected chi connectivity index (χ1v) is 10.8. The Labute approximate surface area is 179 Å². The van der Waals surface area contributed by atoms with Crippen LogP contribution in [0.3, 0.4) is 0 Å². The second-order valence-electron chi connectivity index (χ2n) is 7.52. The average molecular weight is 417 g/mol. The smallest absolute Gasteiger partial charge is 0.131 e. The summed E-state index contributed by atoms with van der Waals surface area (Å²) in [7, 11) is 2.71. The number of benzene rings is 3. The number of fused-ring (bicyclic) bond motifs is 1. The lowest BCUT2D eigenvalue weighted by Crippen LogP contribution is -1.96. The SMILES string of the molecule is CCCCOc1ccc(-c2ccc(-c3cc(C)c4cc(P)ccc4n3)cc2F)cc1. The van der Waals surface area contributed by atoms with Gasteiger partial charge in [-0.1, -0.05) is 43.7 Å². The molecule has 0 bridgehead atoms. The van der Waals surface area contributed by atoms with E-state index in [1.54, 1.807) is 6.07 Å². The highest BCUT2D eigenvalue weighted by atomic mass is 31.0. The van der Waals surface area contributed by atoms with Crippen LogP contribution in [0.5, 0.6) is 5.75 Å². The molecule has 4 heteroatoms. The van der Waals surface area contributed by atoms with Crippen LogP contribution < -0.4 is 10.0 Å². The average Bonchev–Trinajstić information content (AvgIpc) is 2.75. The molecule has 1 aromatic heterocycles. The van der Waals surface area contributed by atoms with Crippen LogP contribution in [0.15, 0.2) is 66.7 Å². The van der Waals surface area contributed by atoms with E-state index in [1.807, 2.05) is 54.6 Å². The van der Waals surface area contributed by atoms with Gasteiger partial charge in [0.25, 0.3) is 0 Å². The van der Waals surface area contributed by atoms with Crippen molar-refractivity contribution >= 4 is 25.4 Å². The van der Waals surface area contributed by atoms with E-state index in [0.717, 1.165) is 57.2 Å². The normalized spacial score (nSPS) is 11.1. The van der Waals surface area contributed by atoms with E-state index in [4.69, 9.17) is 9.72 Å². The number of aryl methyl sites for hydroxylation is 1. The lowest BCUT2D eigenvalue weighted by molar-refractivity contribution is 0.309. The molecule has 30 heavy (non-hydrogen) atoms. The maximum Gasteiger partial charge on any atom is 0.131 e. The number of halogens is 1. The van der Waals surface area contributed by atoms with Crippen LogP contribution in [0.25, 0.3) is 33.3 Å². The van der Waals surface area contributed by atoms with Gasteiger partial charge in [-0.3, -0.25) is 0 Å². The molecule has 1 unspecified atom stereocenters. The predicted molar refractivity (Wildman–Crippen MR) is 127 cm³/mol. The number of pyridine rings is 1. The molecule has 4 aromatic rings. The minimum Gasteiger partial charge on any atom is -0.494 e. The fourth-order valence-electron chi connectivity index (χ4n) is 3.53. The van der Waals surface area contributed by atoms with Crippen molar-refractivity contribution in [2.45, 2.75) is 26.7 Å². The Morgan fingerprint density at radius 1 is 0.933 bits per heavy atom. The second kappa shape index (κ2) is 8.93. The predicted octanol–water partition coefficient (Wildman–Crippen LogP) is 6.70. The monoisotopic (exact) mass is 417 g/mol. The van der Waals surface area contributed by atoms with Gasteiger partial charge >= 0.3 is 0 Å². The molecule has 0 aliphatic carbocycles. The van der Waals surface area contributed by atoms with Crippen molar-refractivity contribution in [3.63, 3.8) is 0 Å². The lowest BCUT2D eigenvalue weighted by atomic mass is 10.0. The Morgan fingerprint density at radius 3 is 2.43 bits per heavy atom. The first kappa shape index (κ1) is 20.5. The van der Waals surface area contributed by atoms with Crippen LogP contribution in [0.1, 0.15) is 25.3 Å². The van der Waals surface area contributed by atoms with Gasteiger partial charge in [-0.05, 0) is 66.2 Å². The van der Waals surface area contributed by atoms with Gasteiger partial charge in [0, 0.05) is 16.5 Å². The Balaban J connectivity index is 1.62. The zero-order valence-electron chi connectivity index (χ0n) is 17.3. The van der Waals surface area contributed by atoms with E-state index >= 15 is 0 Å². The van der Waals surface area contributed by atoms with E-state index in [9.17, 15) is 4.39 Å². The summed E-state index contributed by atoms with van der Waals surface area (Å²) in [4.78, 5) is 4.75. The van der Waals surface area contributed by atoms with Gasteiger partial charge in [-0.2, -0.15) is 0 Å². The maximum atomic E-state index is 15.0. The third kappa shape index (κ3) is 4.37. The van der Waals surface area contributed by atoms with Gasteiger partial charge in [-0.25, -0.2) is 9.37 Å². The van der Waals surface area contributed by atoms with Crippen LogP contribution in [-0.4, -0.2) is 11.6 Å². The molecule has 4 rings (SSSR count). The van der Waals surface area contributed by atoms with Crippen LogP contribution in [0.2, 0.25) is 0 Å². The minimum absolute atomic E-state index is 0.257. The molecule has 2 nitrogen and oxygen atoms in total. The second-order valence-corrected chi connectivity index (χ2v) is 8.19. The van der Waals surface area contributed by atoms with E-state index in [1.165, 1.54) is 0 Å². The van der Waals surface area contributed by atoms with E-state index in [2.05, 4.69) is 29.2 Å². The summed E-state index contributed by atoms with van der Waals surface area (Å²) in [6, 6.07) is 21.1. The van der Waals surface area contributed by atoms with Gasteiger partial charge < -0.3 is 4.74 Å². The highest BCUT2D eigenvalue weighted by molar-refractivity contribution is 7.27. The van der Waals surface area contributed by atoms with Crippen molar-refractivity contribution in [1.29, 1.82) is 0 Å². The minimum atomic E-state index is -0.257. The third-order valence-electron chi connectivity index (χ3n) is 5.24. The zero-order chi connectivity index (χ0) is 21.1. The van der Waals surface area contributed by atoms with E-state index in [-0.39, 0.29) is 5.82 Å². The maximum absolute atomic E-state index is 15.0. The zero-order valence-corrected chi connectivity index (χ0v) is 18.4. The highest BCUT2D eigenvalue weighted by Crippen LogP contribution is 2.30. The molecule has 152 valence electrons. The number of unbranched alkanes of at least 4 members (excludes halogenated alkanes) is 1. The largest absolute Gasteiger partial charge is 0.494 e. The summed E-state index contributed by atoms with van der Waals surface area (Å²) in [5.41, 5.74) is 5.00. The topological polar surface area (TPSA) is 22.1 Å². The molecule has 0 fully saturated rings. The molecule has 0 saturated heterocycles. The molecule has 0 spiro atoms. The number of ether oxygens (including phenoxy) is 1. The Morgan fingerprint density at radius 2 is 1.70 bits per heavy atom. The molecule has 0 N–H and O–H groups in total. The summed E-state index contributed by atoms with van der Waals surface area (Å²) >= 11 is 0. The van der Waals surface area contributed by atoms with Crippen molar-refractivity contribution in [3.8, 4) is 28.1 Å². The Bertz CT molecular complexity index is 1190. The van der Waals surface area contributed by atoms with Crippen molar-refractivity contribution in [2.75, 3.05) is 6.61 Å². The summed E-state index contributed by atoms with van der Waals surface area (Å²) in [6.07, 6.45) is 2.12. The molecule has 0 saturated carbocycles. The molecular formula is C26H25FNOP. The van der Waals surface area contributed by atoms with Crippen LogP contribution in [-0.2, 0) is 0 Å². The van der Waals surface area contributed by atoms with E-state index < -0.39 is 0 Å². The lowest BCUT2D eigenvalue weighted by Gasteiger charge is -2.10. The fraction of sp³-hybridized carbons (Fsp3) is 0.192. The van der Waals surface area contributed by atoms with Crippen LogP contribution in [0.4, 0.5) is 4.39 Å². The van der Waals surface area contributed by atoms with Crippen LogP contribution >= 0.6 is 9.24 Å². The van der Waals surface area contributed by atoms with Gasteiger partial charge in [0.15, 0.2) is 0 Å². The first-order valence-electron chi connectivity index (χ1n) is 10.2. The number of hydrogen-bond acceptors (Lipinski definition) is 2. The van der Waals surface area contributed by atoms with Crippen molar-refractivity contribution < 1.29 is 9.13 Å². The van der Waals surface area contributed by atoms with Gasteiger partial charge in [-0.15, -0.1) is 9.24 Å². The molecule has 0 amide bonds. The Kier molecular flexibility index (Phi) is 6.11. The van der Waals surface area contributed by atoms with E-state index in [0.29, 0.717) is 12.2 Å². The molecule has 0 aliphatic heterocycles. The van der Waals surface area contributed by atoms with Gasteiger partial charge in [0.1, 0.15) is 11.6 Å². The molecule has 0 aliphatic rings. The molecule has 3 aromatic carbocycles. The Hall–Kier alpha value is -2.77. The quantitative estimate of drug-likeness (QED) is 0.257. The van der Waals surface area contributed by atoms with Crippen molar-refractivity contribution in [2.24, 2.45) is 0 Å². The standard InChI is InChI=1S/C26H25FNOP/c1-3-4-13-29-20-8-5-18(6-9-20)22-11-7-19(15-24(22)27)26-14-17(2)23-16-21(30)10-12-25(23)28-26/h5-12,14-16H,3-4,13,30H2,1-2H3. The van der Waals surface area contributed by atoms with Crippen molar-refractivity contribution in [1.82, 2.24) is 4.98 Å². The fourth-order valence-corrected chi connectivity index (χ4v) is 3.80.